The Hall–Kier alpha value is -2.89. The first-order chi connectivity index (χ1) is 10.1. The predicted octanol–water partition coefficient (Wildman–Crippen LogP) is 1.46. The van der Waals surface area contributed by atoms with Gasteiger partial charge in [-0.1, -0.05) is 30.3 Å². The fraction of sp³-hybridized carbons (Fsp3) is 0.133. The third-order valence-corrected chi connectivity index (χ3v) is 3.30. The van der Waals surface area contributed by atoms with E-state index in [0.29, 0.717) is 17.9 Å². The second kappa shape index (κ2) is 5.24. The minimum atomic E-state index is -1.13. The molecule has 106 valence electrons. The summed E-state index contributed by atoms with van der Waals surface area (Å²) in [6.45, 7) is 0.474. The van der Waals surface area contributed by atoms with Crippen molar-refractivity contribution in [1.82, 2.24) is 0 Å². The van der Waals surface area contributed by atoms with Gasteiger partial charge in [0.1, 0.15) is 12.2 Å². The summed E-state index contributed by atoms with van der Waals surface area (Å²) in [5, 5.41) is 11.9. The molecule has 0 aliphatic carbocycles. The molecule has 0 fully saturated rings. The Morgan fingerprint density at radius 2 is 2.05 bits per heavy atom. The molecule has 3 rings (SSSR count). The van der Waals surface area contributed by atoms with E-state index in [1.807, 2.05) is 34.9 Å². The van der Waals surface area contributed by atoms with Crippen LogP contribution in [0.4, 0.5) is 16.2 Å². The average Bonchev–Trinajstić information content (AvgIpc) is 2.47. The van der Waals surface area contributed by atoms with Gasteiger partial charge in [0.25, 0.3) is 0 Å². The van der Waals surface area contributed by atoms with E-state index in [9.17, 15) is 9.59 Å². The molecule has 0 unspecified atom stereocenters. The van der Waals surface area contributed by atoms with Gasteiger partial charge >= 0.3 is 6.09 Å². The monoisotopic (exact) mass is 284 g/mol. The first kappa shape index (κ1) is 13.1. The van der Waals surface area contributed by atoms with E-state index in [-0.39, 0.29) is 12.5 Å². The van der Waals surface area contributed by atoms with Gasteiger partial charge in [0, 0.05) is 11.6 Å². The highest BCUT2D eigenvalue weighted by atomic mass is 16.4. The van der Waals surface area contributed by atoms with E-state index in [0.717, 1.165) is 10.5 Å². The summed E-state index contributed by atoms with van der Waals surface area (Å²) >= 11 is 0. The summed E-state index contributed by atoms with van der Waals surface area (Å²) in [7, 11) is 0. The van der Waals surface area contributed by atoms with Gasteiger partial charge < -0.3 is 10.4 Å². The molecule has 21 heavy (non-hydrogen) atoms. The number of amides is 2. The predicted molar refractivity (Wildman–Crippen MR) is 76.2 cm³/mol. The Balaban J connectivity index is 1.92. The van der Waals surface area contributed by atoms with Gasteiger partial charge in [-0.05, 0) is 0 Å². The molecule has 0 saturated heterocycles. The second-order valence-corrected chi connectivity index (χ2v) is 4.82. The van der Waals surface area contributed by atoms with Crippen LogP contribution in [0.5, 0.6) is 0 Å². The third-order valence-electron chi connectivity index (χ3n) is 3.30. The van der Waals surface area contributed by atoms with Crippen molar-refractivity contribution in [3.05, 3.63) is 54.4 Å². The highest BCUT2D eigenvalue weighted by molar-refractivity contribution is 6.07. The molecule has 0 saturated carbocycles. The van der Waals surface area contributed by atoms with Crippen LogP contribution in [0, 0.1) is 0 Å². The number of rotatable bonds is 2. The van der Waals surface area contributed by atoms with Crippen LogP contribution in [0.25, 0.3) is 0 Å². The van der Waals surface area contributed by atoms with Crippen LogP contribution in [0.3, 0.4) is 0 Å². The lowest BCUT2D eigenvalue weighted by Crippen LogP contribution is -2.43. The zero-order chi connectivity index (χ0) is 14.8. The number of carboxylic acid groups (broad SMARTS) is 1. The fourth-order valence-electron chi connectivity index (χ4n) is 2.34. The largest absolute Gasteiger partial charge is 0.465 e. The standard InChI is InChI=1S/C15H13N3O3/c19-14-10-18(15(20)21)13-6-7-17(9-12(13)16-14)8-11-4-2-1-3-5-11/h1-7,9H,8,10H2,(H-,16,19,20,21)/p+1. The summed E-state index contributed by atoms with van der Waals surface area (Å²) in [5.41, 5.74) is 2.12. The molecule has 0 atom stereocenters. The van der Waals surface area contributed by atoms with Gasteiger partial charge in [-0.15, -0.1) is 0 Å². The van der Waals surface area contributed by atoms with Gasteiger partial charge in [0.05, 0.1) is 5.69 Å². The Labute approximate surface area is 121 Å². The lowest BCUT2D eigenvalue weighted by molar-refractivity contribution is -0.687. The maximum atomic E-state index is 11.6. The van der Waals surface area contributed by atoms with Gasteiger partial charge in [-0.2, -0.15) is 4.57 Å². The van der Waals surface area contributed by atoms with E-state index in [1.165, 1.54) is 0 Å². The molecule has 1 aromatic carbocycles. The number of nitrogens with one attached hydrogen (secondary N) is 1. The zero-order valence-corrected chi connectivity index (χ0v) is 11.2. The molecule has 1 aromatic heterocycles. The van der Waals surface area contributed by atoms with Gasteiger partial charge in [-0.3, -0.25) is 9.69 Å². The summed E-state index contributed by atoms with van der Waals surface area (Å²) in [6.07, 6.45) is 2.42. The van der Waals surface area contributed by atoms with E-state index in [1.54, 1.807) is 18.5 Å². The van der Waals surface area contributed by atoms with Crippen molar-refractivity contribution in [2.75, 3.05) is 16.8 Å². The molecule has 2 heterocycles. The SMILES string of the molecule is O=C1CN(C(=O)O)c2cc[n+](Cc3ccccc3)cc2N1. The minimum Gasteiger partial charge on any atom is -0.465 e. The Kier molecular flexibility index (Phi) is 3.27. The molecule has 0 spiro atoms. The Morgan fingerprint density at radius 1 is 1.29 bits per heavy atom. The summed E-state index contributed by atoms with van der Waals surface area (Å²) < 4.78 is 1.90. The van der Waals surface area contributed by atoms with E-state index >= 15 is 0 Å². The van der Waals surface area contributed by atoms with Crippen LogP contribution < -0.4 is 14.8 Å². The van der Waals surface area contributed by atoms with Crippen molar-refractivity contribution in [2.45, 2.75) is 6.54 Å². The number of aromatic nitrogens is 1. The second-order valence-electron chi connectivity index (χ2n) is 4.82. The third kappa shape index (κ3) is 2.69. The number of anilines is 2. The number of fused-ring (bicyclic) bond motifs is 1. The van der Waals surface area contributed by atoms with Crippen LogP contribution in [0.1, 0.15) is 5.56 Å². The van der Waals surface area contributed by atoms with Gasteiger partial charge in [0.15, 0.2) is 18.9 Å². The summed E-state index contributed by atoms with van der Waals surface area (Å²) in [4.78, 5) is 23.8. The molecule has 2 N–H and O–H groups in total. The number of pyridine rings is 1. The topological polar surface area (TPSA) is 73.5 Å². The molecule has 0 radical (unpaired) electrons. The first-order valence-electron chi connectivity index (χ1n) is 6.51. The number of nitrogens with zero attached hydrogens (tertiary/aromatic N) is 2. The number of carbonyl (C=O) groups excluding carboxylic acids is 1. The molecule has 2 amide bonds. The Morgan fingerprint density at radius 3 is 2.76 bits per heavy atom. The first-order valence-corrected chi connectivity index (χ1v) is 6.51. The highest BCUT2D eigenvalue weighted by Crippen LogP contribution is 2.27. The number of carbonyl (C=O) groups is 2. The molecular weight excluding hydrogens is 270 g/mol. The minimum absolute atomic E-state index is 0.176. The van der Waals surface area contributed by atoms with E-state index in [4.69, 9.17) is 5.11 Å². The lowest BCUT2D eigenvalue weighted by Gasteiger charge is -2.25. The van der Waals surface area contributed by atoms with E-state index < -0.39 is 6.09 Å². The number of hydrogen-bond donors (Lipinski definition) is 2. The summed E-state index contributed by atoms with van der Waals surface area (Å²) in [5.74, 6) is -0.331. The van der Waals surface area contributed by atoms with Crippen molar-refractivity contribution >= 4 is 23.4 Å². The smallest absolute Gasteiger partial charge is 0.412 e. The molecule has 1 aliphatic rings. The quantitative estimate of drug-likeness (QED) is 0.820. The maximum absolute atomic E-state index is 11.6. The molecular formula is C15H14N3O3+. The van der Waals surface area contributed by atoms with Crippen LogP contribution in [0.15, 0.2) is 48.8 Å². The molecule has 1 aliphatic heterocycles. The maximum Gasteiger partial charge on any atom is 0.412 e. The number of benzene rings is 1. The summed E-state index contributed by atoms with van der Waals surface area (Å²) in [6, 6.07) is 11.6. The molecule has 6 nitrogen and oxygen atoms in total. The normalized spacial score (nSPS) is 13.5. The number of hydrogen-bond acceptors (Lipinski definition) is 2. The highest BCUT2D eigenvalue weighted by Gasteiger charge is 2.28. The molecule has 0 bridgehead atoms. The van der Waals surface area contributed by atoms with Crippen molar-refractivity contribution in [3.8, 4) is 0 Å². The Bertz CT molecular complexity index is 701. The van der Waals surface area contributed by atoms with Gasteiger partial charge in [0.2, 0.25) is 5.91 Å². The average molecular weight is 284 g/mol. The fourth-order valence-corrected chi connectivity index (χ4v) is 2.34. The van der Waals surface area contributed by atoms with Crippen molar-refractivity contribution in [2.24, 2.45) is 0 Å². The van der Waals surface area contributed by atoms with Crippen molar-refractivity contribution in [3.63, 3.8) is 0 Å². The molecule has 6 heteroatoms. The zero-order valence-electron chi connectivity index (χ0n) is 11.2. The van der Waals surface area contributed by atoms with Crippen LogP contribution >= 0.6 is 0 Å². The van der Waals surface area contributed by atoms with Crippen LogP contribution in [0.2, 0.25) is 0 Å². The van der Waals surface area contributed by atoms with Crippen LogP contribution in [-0.2, 0) is 11.3 Å². The van der Waals surface area contributed by atoms with Gasteiger partial charge in [-0.25, -0.2) is 4.79 Å². The van der Waals surface area contributed by atoms with E-state index in [2.05, 4.69) is 5.32 Å². The van der Waals surface area contributed by atoms with Crippen molar-refractivity contribution in [1.29, 1.82) is 0 Å². The molecule has 2 aromatic rings. The lowest BCUT2D eigenvalue weighted by atomic mass is 10.2. The van der Waals surface area contributed by atoms with Crippen LogP contribution in [-0.4, -0.2) is 23.7 Å². The van der Waals surface area contributed by atoms with Crippen molar-refractivity contribution < 1.29 is 19.3 Å².